The molecule has 0 unspecified atom stereocenters. The van der Waals surface area contributed by atoms with Crippen LogP contribution in [0.5, 0.6) is 11.5 Å². The SMILES string of the molecule is Cc1ccc(NC2=C(Sc3ccccc3)C(=O)N(c3ccc(Oc4ccccc4)cc3)C2=O)c(C)c1. The second-order valence-electron chi connectivity index (χ2n) is 8.42. The minimum absolute atomic E-state index is 0.269. The molecule has 0 aromatic heterocycles. The zero-order valence-corrected chi connectivity index (χ0v) is 20.7. The maximum absolute atomic E-state index is 13.6. The van der Waals surface area contributed by atoms with Crippen molar-refractivity contribution in [1.82, 2.24) is 0 Å². The summed E-state index contributed by atoms with van der Waals surface area (Å²) in [6.07, 6.45) is 0. The van der Waals surface area contributed by atoms with Crippen molar-refractivity contribution in [3.8, 4) is 11.5 Å². The first-order valence-electron chi connectivity index (χ1n) is 11.5. The van der Waals surface area contributed by atoms with E-state index in [1.54, 1.807) is 24.3 Å². The summed E-state index contributed by atoms with van der Waals surface area (Å²) in [6.45, 7) is 3.99. The molecule has 5 nitrogen and oxygen atoms in total. The monoisotopic (exact) mass is 492 g/mol. The number of anilines is 2. The van der Waals surface area contributed by atoms with Crippen molar-refractivity contribution in [2.75, 3.05) is 10.2 Å². The fourth-order valence-corrected chi connectivity index (χ4v) is 4.88. The maximum atomic E-state index is 13.6. The van der Waals surface area contributed by atoms with Crippen LogP contribution in [0.3, 0.4) is 0 Å². The van der Waals surface area contributed by atoms with E-state index in [9.17, 15) is 9.59 Å². The van der Waals surface area contributed by atoms with Crippen LogP contribution in [0.2, 0.25) is 0 Å². The third-order valence-electron chi connectivity index (χ3n) is 5.72. The molecule has 1 aliphatic heterocycles. The molecule has 36 heavy (non-hydrogen) atoms. The summed E-state index contributed by atoms with van der Waals surface area (Å²) in [6, 6.07) is 31.9. The lowest BCUT2D eigenvalue weighted by molar-refractivity contribution is -0.120. The van der Waals surface area contributed by atoms with E-state index in [1.807, 2.05) is 92.7 Å². The number of hydrogen-bond donors (Lipinski definition) is 1. The summed E-state index contributed by atoms with van der Waals surface area (Å²) in [5.74, 6) is 0.569. The van der Waals surface area contributed by atoms with Gasteiger partial charge >= 0.3 is 0 Å². The molecule has 4 aromatic rings. The molecule has 0 atom stereocenters. The number of hydrogen-bond acceptors (Lipinski definition) is 5. The molecule has 0 aliphatic carbocycles. The van der Waals surface area contributed by atoms with Gasteiger partial charge in [0.15, 0.2) is 0 Å². The lowest BCUT2D eigenvalue weighted by Gasteiger charge is -2.16. The van der Waals surface area contributed by atoms with Crippen LogP contribution >= 0.6 is 11.8 Å². The average molecular weight is 493 g/mol. The smallest absolute Gasteiger partial charge is 0.283 e. The Morgan fingerprint density at radius 1 is 0.722 bits per heavy atom. The lowest BCUT2D eigenvalue weighted by Crippen LogP contribution is -2.32. The highest BCUT2D eigenvalue weighted by molar-refractivity contribution is 8.04. The number of amides is 2. The van der Waals surface area contributed by atoms with E-state index in [4.69, 9.17) is 4.74 Å². The molecule has 178 valence electrons. The number of imide groups is 1. The fraction of sp³-hybridized carbons (Fsp3) is 0.0667. The molecule has 4 aromatic carbocycles. The number of ether oxygens (including phenoxy) is 1. The van der Waals surface area contributed by atoms with Gasteiger partial charge in [-0.05, 0) is 74.0 Å². The highest BCUT2D eigenvalue weighted by atomic mass is 32.2. The van der Waals surface area contributed by atoms with Gasteiger partial charge in [-0.3, -0.25) is 9.59 Å². The highest BCUT2D eigenvalue weighted by Gasteiger charge is 2.40. The molecule has 0 bridgehead atoms. The number of carbonyl (C=O) groups excluding carboxylic acids is 2. The maximum Gasteiger partial charge on any atom is 0.283 e. The van der Waals surface area contributed by atoms with Gasteiger partial charge in [-0.1, -0.05) is 65.9 Å². The van der Waals surface area contributed by atoms with E-state index in [-0.39, 0.29) is 11.6 Å². The van der Waals surface area contributed by atoms with E-state index in [0.717, 1.165) is 21.7 Å². The number of thioether (sulfide) groups is 1. The van der Waals surface area contributed by atoms with Crippen LogP contribution in [-0.4, -0.2) is 11.8 Å². The van der Waals surface area contributed by atoms with E-state index in [0.29, 0.717) is 22.1 Å². The van der Waals surface area contributed by atoms with Gasteiger partial charge in [0.2, 0.25) is 0 Å². The van der Waals surface area contributed by atoms with Crippen molar-refractivity contribution >= 4 is 35.0 Å². The molecular weight excluding hydrogens is 468 g/mol. The number of rotatable bonds is 7. The molecule has 1 aliphatic rings. The summed E-state index contributed by atoms with van der Waals surface area (Å²) in [5.41, 5.74) is 3.66. The molecule has 6 heteroatoms. The van der Waals surface area contributed by atoms with Crippen LogP contribution in [0.4, 0.5) is 11.4 Å². The molecule has 2 amide bonds. The summed E-state index contributed by atoms with van der Waals surface area (Å²) in [4.78, 5) is 29.7. The van der Waals surface area contributed by atoms with Gasteiger partial charge in [-0.25, -0.2) is 4.90 Å². The van der Waals surface area contributed by atoms with Crippen molar-refractivity contribution in [2.45, 2.75) is 18.7 Å². The van der Waals surface area contributed by atoms with Crippen molar-refractivity contribution in [2.24, 2.45) is 0 Å². The predicted octanol–water partition coefficient (Wildman–Crippen LogP) is 7.08. The van der Waals surface area contributed by atoms with Crippen LogP contribution in [0.15, 0.2) is 119 Å². The van der Waals surface area contributed by atoms with Crippen LogP contribution < -0.4 is 15.0 Å². The van der Waals surface area contributed by atoms with Gasteiger partial charge in [-0.15, -0.1) is 0 Å². The summed E-state index contributed by atoms with van der Waals surface area (Å²) < 4.78 is 5.86. The van der Waals surface area contributed by atoms with Gasteiger partial charge in [0.05, 0.1) is 5.69 Å². The summed E-state index contributed by atoms with van der Waals surface area (Å²) >= 11 is 1.28. The predicted molar refractivity (Wildman–Crippen MR) is 144 cm³/mol. The van der Waals surface area contributed by atoms with E-state index in [2.05, 4.69) is 5.32 Å². The summed E-state index contributed by atoms with van der Waals surface area (Å²) in [7, 11) is 0. The second-order valence-corrected chi connectivity index (χ2v) is 9.50. The number of nitrogens with one attached hydrogen (secondary N) is 1. The Kier molecular flexibility index (Phi) is 6.60. The Morgan fingerprint density at radius 2 is 1.36 bits per heavy atom. The van der Waals surface area contributed by atoms with Crippen LogP contribution in [0.25, 0.3) is 0 Å². The zero-order chi connectivity index (χ0) is 25.1. The lowest BCUT2D eigenvalue weighted by atomic mass is 10.1. The molecule has 0 fully saturated rings. The first kappa shape index (κ1) is 23.5. The van der Waals surface area contributed by atoms with Gasteiger partial charge in [0, 0.05) is 10.6 Å². The van der Waals surface area contributed by atoms with Crippen LogP contribution in [0.1, 0.15) is 11.1 Å². The molecule has 0 radical (unpaired) electrons. The Balaban J connectivity index is 1.46. The van der Waals surface area contributed by atoms with E-state index < -0.39 is 5.91 Å². The second kappa shape index (κ2) is 10.1. The number of nitrogens with zero attached hydrogens (tertiary/aromatic N) is 1. The highest BCUT2D eigenvalue weighted by Crippen LogP contribution is 2.38. The van der Waals surface area contributed by atoms with Gasteiger partial charge in [0.1, 0.15) is 22.1 Å². The number of aryl methyl sites for hydroxylation is 2. The molecule has 0 spiro atoms. The van der Waals surface area contributed by atoms with Crippen molar-refractivity contribution < 1.29 is 14.3 Å². The quantitative estimate of drug-likeness (QED) is 0.279. The van der Waals surface area contributed by atoms with Gasteiger partial charge in [-0.2, -0.15) is 0 Å². The largest absolute Gasteiger partial charge is 0.457 e. The molecule has 5 rings (SSSR count). The van der Waals surface area contributed by atoms with Crippen molar-refractivity contribution in [1.29, 1.82) is 0 Å². The number of para-hydroxylation sites is 1. The van der Waals surface area contributed by atoms with Gasteiger partial charge < -0.3 is 10.1 Å². The number of benzene rings is 4. The topological polar surface area (TPSA) is 58.6 Å². The Hall–Kier alpha value is -4.29. The molecule has 1 heterocycles. The molecule has 0 saturated heterocycles. The van der Waals surface area contributed by atoms with Crippen LogP contribution in [0, 0.1) is 13.8 Å². The van der Waals surface area contributed by atoms with E-state index in [1.165, 1.54) is 16.7 Å². The average Bonchev–Trinajstić information content (AvgIpc) is 3.11. The van der Waals surface area contributed by atoms with E-state index >= 15 is 0 Å². The van der Waals surface area contributed by atoms with Crippen LogP contribution in [-0.2, 0) is 9.59 Å². The Morgan fingerprint density at radius 3 is 2.03 bits per heavy atom. The Bertz CT molecular complexity index is 1450. The van der Waals surface area contributed by atoms with Crippen molar-refractivity contribution in [3.63, 3.8) is 0 Å². The fourth-order valence-electron chi connectivity index (χ4n) is 3.93. The van der Waals surface area contributed by atoms with Crippen molar-refractivity contribution in [3.05, 3.63) is 125 Å². The van der Waals surface area contributed by atoms with Gasteiger partial charge in [0.25, 0.3) is 11.8 Å². The first-order chi connectivity index (χ1) is 17.5. The normalized spacial score (nSPS) is 13.3. The number of carbonyl (C=O) groups is 2. The summed E-state index contributed by atoms with van der Waals surface area (Å²) in [5, 5.41) is 3.25. The first-order valence-corrected chi connectivity index (χ1v) is 12.3. The zero-order valence-electron chi connectivity index (χ0n) is 19.9. The minimum atomic E-state index is -0.393. The minimum Gasteiger partial charge on any atom is -0.457 e. The Labute approximate surface area is 214 Å². The standard InChI is InChI=1S/C30H24N2O3S/c1-20-13-18-26(21(2)19-20)31-27-28(36-25-11-7-4-8-12-25)30(34)32(29(27)33)22-14-16-24(17-15-22)35-23-9-5-3-6-10-23/h3-19,31H,1-2H3. The molecular formula is C30H24N2O3S. The molecule has 0 saturated carbocycles. The molecule has 1 N–H and O–H groups in total. The third kappa shape index (κ3) is 4.90. The third-order valence-corrected chi connectivity index (χ3v) is 6.81.